The highest BCUT2D eigenvalue weighted by Crippen LogP contribution is 2.59. The van der Waals surface area contributed by atoms with Gasteiger partial charge in [-0.3, -0.25) is 19.7 Å². The fourth-order valence-corrected chi connectivity index (χ4v) is 3.73. The summed E-state index contributed by atoms with van der Waals surface area (Å²) in [5, 5.41) is 19.9. The number of amides is 1. The van der Waals surface area contributed by atoms with Gasteiger partial charge in [0, 0.05) is 44.0 Å². The number of nitro benzene ring substituents is 1. The Morgan fingerprint density at radius 2 is 1.68 bits per heavy atom. The summed E-state index contributed by atoms with van der Waals surface area (Å²) in [7, 11) is 0. The van der Waals surface area contributed by atoms with E-state index in [4.69, 9.17) is 0 Å². The third-order valence-electron chi connectivity index (χ3n) is 5.38. The lowest BCUT2D eigenvalue weighted by Crippen LogP contribution is -2.49. The largest absolute Gasteiger partial charge is 0.481 e. The number of non-ortho nitro benzene ring substituents is 1. The number of nitro groups is 1. The molecule has 1 aromatic carbocycles. The molecule has 0 spiro atoms. The number of rotatable bonds is 4. The van der Waals surface area contributed by atoms with E-state index in [-0.39, 0.29) is 11.6 Å². The second kappa shape index (κ2) is 6.02. The maximum Gasteiger partial charge on any atom is 0.307 e. The van der Waals surface area contributed by atoms with Crippen molar-refractivity contribution in [3.63, 3.8) is 0 Å². The lowest BCUT2D eigenvalue weighted by atomic mass is 10.1. The minimum Gasteiger partial charge on any atom is -0.481 e. The maximum atomic E-state index is 12.6. The normalized spacial score (nSPS) is 24.7. The molecule has 8 nitrogen and oxygen atoms in total. The molecule has 2 unspecified atom stereocenters. The summed E-state index contributed by atoms with van der Waals surface area (Å²) in [6.45, 7) is 5.93. The van der Waals surface area contributed by atoms with Crippen molar-refractivity contribution in [1.82, 2.24) is 4.90 Å². The molecule has 0 bridgehead atoms. The second-order valence-corrected chi connectivity index (χ2v) is 7.20. The Morgan fingerprint density at radius 1 is 1.12 bits per heavy atom. The average molecular weight is 347 g/mol. The Kier molecular flexibility index (Phi) is 4.14. The van der Waals surface area contributed by atoms with E-state index in [0.717, 1.165) is 5.69 Å². The molecule has 2 aliphatic rings. The Balaban J connectivity index is 1.60. The molecule has 0 aromatic heterocycles. The van der Waals surface area contributed by atoms with Crippen molar-refractivity contribution in [2.24, 2.45) is 17.3 Å². The number of hydrogen-bond acceptors (Lipinski definition) is 5. The van der Waals surface area contributed by atoms with Crippen molar-refractivity contribution in [3.8, 4) is 0 Å². The predicted molar refractivity (Wildman–Crippen MR) is 90.3 cm³/mol. The predicted octanol–water partition coefficient (Wildman–Crippen LogP) is 1.60. The zero-order valence-electron chi connectivity index (χ0n) is 14.2. The summed E-state index contributed by atoms with van der Waals surface area (Å²) in [5.74, 6) is -2.04. The van der Waals surface area contributed by atoms with Crippen molar-refractivity contribution >= 4 is 23.3 Å². The quantitative estimate of drug-likeness (QED) is 0.655. The van der Waals surface area contributed by atoms with E-state index in [0.29, 0.717) is 26.2 Å². The van der Waals surface area contributed by atoms with Gasteiger partial charge in [-0.1, -0.05) is 13.8 Å². The van der Waals surface area contributed by atoms with Crippen LogP contribution in [0.25, 0.3) is 0 Å². The number of carbonyl (C=O) groups is 2. The van der Waals surface area contributed by atoms with Crippen LogP contribution < -0.4 is 4.90 Å². The monoisotopic (exact) mass is 347 g/mol. The second-order valence-electron chi connectivity index (χ2n) is 7.20. The number of anilines is 1. The number of benzene rings is 1. The van der Waals surface area contributed by atoms with Gasteiger partial charge >= 0.3 is 5.97 Å². The van der Waals surface area contributed by atoms with Gasteiger partial charge in [0.15, 0.2) is 0 Å². The lowest BCUT2D eigenvalue weighted by Gasteiger charge is -2.36. The highest BCUT2D eigenvalue weighted by molar-refractivity contribution is 5.91. The molecular weight excluding hydrogens is 326 g/mol. The molecule has 1 heterocycles. The van der Waals surface area contributed by atoms with Crippen molar-refractivity contribution in [3.05, 3.63) is 34.4 Å². The minimum absolute atomic E-state index is 0.0493. The zero-order chi connectivity index (χ0) is 18.4. The molecule has 1 saturated carbocycles. The van der Waals surface area contributed by atoms with Crippen LogP contribution in [-0.2, 0) is 9.59 Å². The Morgan fingerprint density at radius 3 is 2.12 bits per heavy atom. The van der Waals surface area contributed by atoms with Crippen molar-refractivity contribution in [2.45, 2.75) is 13.8 Å². The highest BCUT2D eigenvalue weighted by atomic mass is 16.6. The summed E-state index contributed by atoms with van der Waals surface area (Å²) in [4.78, 5) is 38.0. The van der Waals surface area contributed by atoms with Crippen LogP contribution in [-0.4, -0.2) is 53.0 Å². The van der Waals surface area contributed by atoms with Crippen LogP contribution in [0.3, 0.4) is 0 Å². The van der Waals surface area contributed by atoms with Gasteiger partial charge in [0.25, 0.3) is 5.69 Å². The average Bonchev–Trinajstić information content (AvgIpc) is 3.17. The Bertz CT molecular complexity index is 707. The van der Waals surface area contributed by atoms with Gasteiger partial charge in [-0.05, 0) is 17.5 Å². The van der Waals surface area contributed by atoms with E-state index in [9.17, 15) is 24.8 Å². The van der Waals surface area contributed by atoms with Gasteiger partial charge in [0.2, 0.25) is 5.91 Å². The molecule has 1 amide bonds. The SMILES string of the molecule is CC1(C)C(C(=O)O)C1C(=O)N1CCN(c2ccc([N+](=O)[O-])cc2)CC1. The van der Waals surface area contributed by atoms with Crippen molar-refractivity contribution < 1.29 is 19.6 Å². The summed E-state index contributed by atoms with van der Waals surface area (Å²) in [6, 6.07) is 6.36. The molecule has 1 N–H and O–H groups in total. The van der Waals surface area contributed by atoms with Crippen LogP contribution in [0.15, 0.2) is 24.3 Å². The molecule has 0 radical (unpaired) electrons. The number of carboxylic acids is 1. The first-order valence-corrected chi connectivity index (χ1v) is 8.24. The van der Waals surface area contributed by atoms with Crippen LogP contribution in [0.1, 0.15) is 13.8 Å². The standard InChI is InChI=1S/C17H21N3O5/c1-17(2)13(14(17)16(22)23)15(21)19-9-7-18(8-10-19)11-3-5-12(6-4-11)20(24)25/h3-6,13-14H,7-10H2,1-2H3,(H,22,23). The van der Waals surface area contributed by atoms with E-state index < -0.39 is 28.1 Å². The minimum atomic E-state index is -0.909. The molecular formula is C17H21N3O5. The number of hydrogen-bond donors (Lipinski definition) is 1. The van der Waals surface area contributed by atoms with Gasteiger partial charge in [0.1, 0.15) is 0 Å². The fourth-order valence-electron chi connectivity index (χ4n) is 3.73. The lowest BCUT2D eigenvalue weighted by molar-refractivity contribution is -0.384. The van der Waals surface area contributed by atoms with E-state index in [1.165, 1.54) is 12.1 Å². The first kappa shape index (κ1) is 17.2. The topological polar surface area (TPSA) is 104 Å². The Hall–Kier alpha value is -2.64. The number of carboxylic acid groups (broad SMARTS) is 1. The third kappa shape index (κ3) is 3.04. The molecule has 8 heteroatoms. The molecule has 2 fully saturated rings. The van der Waals surface area contributed by atoms with E-state index >= 15 is 0 Å². The van der Waals surface area contributed by atoms with Crippen LogP contribution in [0.4, 0.5) is 11.4 Å². The molecule has 134 valence electrons. The van der Waals surface area contributed by atoms with Crippen LogP contribution in [0.5, 0.6) is 0 Å². The maximum absolute atomic E-state index is 12.6. The molecule has 2 atom stereocenters. The number of nitrogens with zero attached hydrogens (tertiary/aromatic N) is 3. The van der Waals surface area contributed by atoms with Gasteiger partial charge in [-0.25, -0.2) is 0 Å². The smallest absolute Gasteiger partial charge is 0.307 e. The molecule has 1 saturated heterocycles. The van der Waals surface area contributed by atoms with E-state index in [1.807, 2.05) is 13.8 Å². The van der Waals surface area contributed by atoms with Crippen molar-refractivity contribution in [1.29, 1.82) is 0 Å². The van der Waals surface area contributed by atoms with E-state index in [1.54, 1.807) is 17.0 Å². The summed E-state index contributed by atoms with van der Waals surface area (Å²) < 4.78 is 0. The molecule has 1 aliphatic carbocycles. The summed E-state index contributed by atoms with van der Waals surface area (Å²) >= 11 is 0. The number of aliphatic carboxylic acids is 1. The summed E-state index contributed by atoms with van der Waals surface area (Å²) in [6.07, 6.45) is 0. The molecule has 3 rings (SSSR count). The molecule has 25 heavy (non-hydrogen) atoms. The van der Waals surface area contributed by atoms with Crippen LogP contribution >= 0.6 is 0 Å². The molecule has 1 aliphatic heterocycles. The summed E-state index contributed by atoms with van der Waals surface area (Å²) in [5.41, 5.74) is 0.444. The van der Waals surface area contributed by atoms with E-state index in [2.05, 4.69) is 4.90 Å². The fraction of sp³-hybridized carbons (Fsp3) is 0.529. The van der Waals surface area contributed by atoms with Crippen molar-refractivity contribution in [2.75, 3.05) is 31.1 Å². The van der Waals surface area contributed by atoms with Gasteiger partial charge in [0.05, 0.1) is 16.8 Å². The Labute approximate surface area is 145 Å². The first-order valence-electron chi connectivity index (χ1n) is 8.24. The van der Waals surface area contributed by atoms with Crippen LogP contribution in [0, 0.1) is 27.4 Å². The third-order valence-corrected chi connectivity index (χ3v) is 5.38. The zero-order valence-corrected chi connectivity index (χ0v) is 14.2. The van der Waals surface area contributed by atoms with Gasteiger partial charge in [-0.15, -0.1) is 0 Å². The van der Waals surface area contributed by atoms with Gasteiger partial charge < -0.3 is 14.9 Å². The van der Waals surface area contributed by atoms with Crippen LogP contribution in [0.2, 0.25) is 0 Å². The highest BCUT2D eigenvalue weighted by Gasteiger charge is 2.66. The van der Waals surface area contributed by atoms with Gasteiger partial charge in [-0.2, -0.15) is 0 Å². The number of carbonyl (C=O) groups excluding carboxylic acids is 1. The molecule has 1 aromatic rings. The first-order chi connectivity index (χ1) is 11.7. The number of piperazine rings is 1.